The second-order valence-electron chi connectivity index (χ2n) is 5.22. The van der Waals surface area contributed by atoms with Gasteiger partial charge in [-0.25, -0.2) is 0 Å². The molecule has 0 saturated carbocycles. The van der Waals surface area contributed by atoms with Gasteiger partial charge in [0, 0.05) is 20.8 Å². The zero-order valence-electron chi connectivity index (χ0n) is 13.8. The van der Waals surface area contributed by atoms with Gasteiger partial charge in [0.05, 0.1) is 6.61 Å². The van der Waals surface area contributed by atoms with Crippen LogP contribution < -0.4 is 5.73 Å². The lowest BCUT2D eigenvalue weighted by Crippen LogP contribution is -2.58. The van der Waals surface area contributed by atoms with Crippen molar-refractivity contribution in [1.29, 1.82) is 0 Å². The third-order valence-corrected chi connectivity index (χ3v) is 2.91. The average molecular weight is 347 g/mol. The van der Waals surface area contributed by atoms with E-state index in [1.165, 1.54) is 6.92 Å². The van der Waals surface area contributed by atoms with Crippen molar-refractivity contribution in [3.8, 4) is 0 Å². The van der Waals surface area contributed by atoms with Gasteiger partial charge in [-0.05, 0) is 6.92 Å². The van der Waals surface area contributed by atoms with Crippen LogP contribution >= 0.6 is 0 Å². The Bertz CT molecular complexity index is 504. The molecule has 2 N–H and O–H groups in total. The molecule has 1 aliphatic rings. The molecule has 10 heteroatoms. The molecule has 1 fully saturated rings. The molecule has 0 aromatic carbocycles. The molecule has 136 valence electrons. The number of nitrogens with two attached hydrogens (primary N) is 1. The minimum absolute atomic E-state index is 0.230. The van der Waals surface area contributed by atoms with Gasteiger partial charge in [-0.1, -0.05) is 0 Å². The molecule has 1 aliphatic heterocycles. The maximum absolute atomic E-state index is 11.7. The average Bonchev–Trinajstić information content (AvgIpc) is 2.43. The summed E-state index contributed by atoms with van der Waals surface area (Å²) in [5, 5.41) is 0. The Kier molecular flexibility index (Phi) is 7.11. The first kappa shape index (κ1) is 19.8. The summed E-state index contributed by atoms with van der Waals surface area (Å²) in [4.78, 5) is 45.5. The summed E-state index contributed by atoms with van der Waals surface area (Å²) < 4.78 is 25.5. The van der Waals surface area contributed by atoms with Crippen LogP contribution in [0.1, 0.15) is 27.7 Å². The Labute approximate surface area is 138 Å². The van der Waals surface area contributed by atoms with Crippen molar-refractivity contribution in [2.45, 2.75) is 58.3 Å². The molecule has 10 nitrogen and oxygen atoms in total. The van der Waals surface area contributed by atoms with Crippen molar-refractivity contribution in [3.63, 3.8) is 0 Å². The SMILES string of the molecule is CC(=O)OC1COC(OC(=O)C(C)N)C(OC(C)=O)C1OC(C)=O. The summed E-state index contributed by atoms with van der Waals surface area (Å²) in [6.45, 7) is 4.58. The third-order valence-electron chi connectivity index (χ3n) is 2.91. The molecule has 0 bridgehead atoms. The Morgan fingerprint density at radius 1 is 0.917 bits per heavy atom. The maximum atomic E-state index is 11.7. The number of esters is 4. The van der Waals surface area contributed by atoms with Gasteiger partial charge in [0.15, 0.2) is 12.2 Å². The van der Waals surface area contributed by atoms with Crippen LogP contribution in [0.5, 0.6) is 0 Å². The van der Waals surface area contributed by atoms with E-state index in [0.29, 0.717) is 0 Å². The quantitative estimate of drug-likeness (QED) is 0.487. The van der Waals surface area contributed by atoms with Crippen molar-refractivity contribution in [3.05, 3.63) is 0 Å². The van der Waals surface area contributed by atoms with Crippen LogP contribution in [0.2, 0.25) is 0 Å². The molecule has 1 heterocycles. The fourth-order valence-corrected chi connectivity index (χ4v) is 2.03. The molecule has 0 aromatic heterocycles. The molecule has 1 rings (SSSR count). The van der Waals surface area contributed by atoms with Crippen molar-refractivity contribution in [2.24, 2.45) is 5.73 Å². The van der Waals surface area contributed by atoms with Crippen molar-refractivity contribution in [1.82, 2.24) is 0 Å². The monoisotopic (exact) mass is 347 g/mol. The highest BCUT2D eigenvalue weighted by molar-refractivity contribution is 5.75. The molecule has 0 aromatic rings. The second kappa shape index (κ2) is 8.60. The van der Waals surface area contributed by atoms with Crippen molar-refractivity contribution < 1.29 is 42.9 Å². The van der Waals surface area contributed by atoms with Crippen LogP contribution in [-0.2, 0) is 42.9 Å². The van der Waals surface area contributed by atoms with E-state index in [2.05, 4.69) is 0 Å². The lowest BCUT2D eigenvalue weighted by molar-refractivity contribution is -0.274. The van der Waals surface area contributed by atoms with Crippen molar-refractivity contribution >= 4 is 23.9 Å². The van der Waals surface area contributed by atoms with Crippen LogP contribution in [0.4, 0.5) is 0 Å². The zero-order valence-corrected chi connectivity index (χ0v) is 13.8. The summed E-state index contributed by atoms with van der Waals surface area (Å²) in [6, 6.07) is -0.940. The van der Waals surface area contributed by atoms with Crippen LogP contribution in [0.15, 0.2) is 0 Å². The maximum Gasteiger partial charge on any atom is 0.325 e. The molecule has 0 radical (unpaired) electrons. The summed E-state index contributed by atoms with van der Waals surface area (Å²) in [6.07, 6.45) is -4.90. The van der Waals surface area contributed by atoms with E-state index in [4.69, 9.17) is 29.4 Å². The summed E-state index contributed by atoms with van der Waals surface area (Å²) in [5.74, 6) is -2.88. The van der Waals surface area contributed by atoms with E-state index in [-0.39, 0.29) is 6.61 Å². The van der Waals surface area contributed by atoms with E-state index >= 15 is 0 Å². The van der Waals surface area contributed by atoms with Gasteiger partial charge in [0.25, 0.3) is 0 Å². The number of carbonyl (C=O) groups excluding carboxylic acids is 4. The molecule has 0 aliphatic carbocycles. The fraction of sp³-hybridized carbons (Fsp3) is 0.714. The highest BCUT2D eigenvalue weighted by Crippen LogP contribution is 2.25. The van der Waals surface area contributed by atoms with E-state index in [1.807, 2.05) is 0 Å². The predicted octanol–water partition coefficient (Wildman–Crippen LogP) is -0.972. The van der Waals surface area contributed by atoms with E-state index in [0.717, 1.165) is 20.8 Å². The van der Waals surface area contributed by atoms with Gasteiger partial charge >= 0.3 is 23.9 Å². The first-order valence-corrected chi connectivity index (χ1v) is 7.21. The summed E-state index contributed by atoms with van der Waals surface area (Å²) in [7, 11) is 0. The molecule has 0 spiro atoms. The topological polar surface area (TPSA) is 140 Å². The number of rotatable bonds is 5. The number of ether oxygens (including phenoxy) is 5. The molecule has 0 amide bonds. The van der Waals surface area contributed by atoms with E-state index < -0.39 is 54.5 Å². The van der Waals surface area contributed by atoms with Gasteiger partial charge in [0.2, 0.25) is 12.4 Å². The third kappa shape index (κ3) is 5.78. The van der Waals surface area contributed by atoms with Gasteiger partial charge < -0.3 is 29.4 Å². The molecule has 1 saturated heterocycles. The lowest BCUT2D eigenvalue weighted by atomic mass is 10.0. The number of hydrogen-bond donors (Lipinski definition) is 1. The van der Waals surface area contributed by atoms with Gasteiger partial charge in [-0.15, -0.1) is 0 Å². The second-order valence-corrected chi connectivity index (χ2v) is 5.22. The minimum atomic E-state index is -1.36. The number of carbonyl (C=O) groups is 4. The largest absolute Gasteiger partial charge is 0.456 e. The first-order valence-electron chi connectivity index (χ1n) is 7.21. The Morgan fingerprint density at radius 2 is 1.42 bits per heavy atom. The summed E-state index contributed by atoms with van der Waals surface area (Å²) >= 11 is 0. The van der Waals surface area contributed by atoms with Gasteiger partial charge in [-0.3, -0.25) is 19.2 Å². The molecule has 5 atom stereocenters. The zero-order chi connectivity index (χ0) is 18.4. The number of hydrogen-bond acceptors (Lipinski definition) is 10. The smallest absolute Gasteiger partial charge is 0.325 e. The Balaban J connectivity index is 3.05. The standard InChI is InChI=1S/C14H21NO9/c1-6(15)13(19)24-14-12(23-9(4)18)11(22-8(3)17)10(5-20-14)21-7(2)16/h6,10-12,14H,5,15H2,1-4H3. The molecule has 24 heavy (non-hydrogen) atoms. The summed E-state index contributed by atoms with van der Waals surface area (Å²) in [5.41, 5.74) is 5.42. The first-order chi connectivity index (χ1) is 11.1. The van der Waals surface area contributed by atoms with Crippen molar-refractivity contribution in [2.75, 3.05) is 6.61 Å². The molecular weight excluding hydrogens is 326 g/mol. The van der Waals surface area contributed by atoms with Gasteiger partial charge in [0.1, 0.15) is 6.04 Å². The molecule has 5 unspecified atom stereocenters. The molecular formula is C14H21NO9. The van der Waals surface area contributed by atoms with Crippen LogP contribution in [-0.4, -0.2) is 61.1 Å². The van der Waals surface area contributed by atoms with E-state index in [9.17, 15) is 19.2 Å². The van der Waals surface area contributed by atoms with Crippen LogP contribution in [0.25, 0.3) is 0 Å². The highest BCUT2D eigenvalue weighted by Gasteiger charge is 2.48. The van der Waals surface area contributed by atoms with Crippen LogP contribution in [0.3, 0.4) is 0 Å². The fourth-order valence-electron chi connectivity index (χ4n) is 2.03. The Hall–Kier alpha value is -2.20. The van der Waals surface area contributed by atoms with Gasteiger partial charge in [-0.2, -0.15) is 0 Å². The van der Waals surface area contributed by atoms with Crippen LogP contribution in [0, 0.1) is 0 Å². The van der Waals surface area contributed by atoms with E-state index in [1.54, 1.807) is 0 Å². The normalized spacial score (nSPS) is 27.5. The predicted molar refractivity (Wildman–Crippen MR) is 76.1 cm³/mol. The minimum Gasteiger partial charge on any atom is -0.456 e. The lowest BCUT2D eigenvalue weighted by Gasteiger charge is -2.39. The highest BCUT2D eigenvalue weighted by atomic mass is 16.7. The Morgan fingerprint density at radius 3 is 1.88 bits per heavy atom.